The molecule has 2 aromatic heterocycles. The van der Waals surface area contributed by atoms with Crippen molar-refractivity contribution in [1.29, 1.82) is 0 Å². The molecular weight excluding hydrogens is 346 g/mol. The monoisotopic (exact) mass is 363 g/mol. The molecule has 0 fully saturated rings. The summed E-state index contributed by atoms with van der Waals surface area (Å²) in [7, 11) is 0. The van der Waals surface area contributed by atoms with Crippen molar-refractivity contribution in [2.45, 2.75) is 13.8 Å². The van der Waals surface area contributed by atoms with E-state index in [9.17, 15) is 9.70 Å². The molecule has 0 unspecified atom stereocenters. The average molecular weight is 363 g/mol. The molecule has 8 heteroatoms. The molecule has 0 atom stereocenters. The first kappa shape index (κ1) is 18.1. The summed E-state index contributed by atoms with van der Waals surface area (Å²) in [5.74, 6) is -0.384. The first-order chi connectivity index (χ1) is 13.1. The molecule has 2 heterocycles. The normalized spacial score (nSPS) is 10.3. The fraction of sp³-hybridized carbons (Fsp3) is 0.158. The van der Waals surface area contributed by atoms with Gasteiger partial charge in [-0.3, -0.25) is 4.98 Å². The van der Waals surface area contributed by atoms with Crippen LogP contribution in [0.3, 0.4) is 0 Å². The summed E-state index contributed by atoms with van der Waals surface area (Å²) in [5.41, 5.74) is 2.83. The number of pyridine rings is 1. The van der Waals surface area contributed by atoms with Crippen molar-refractivity contribution in [2.75, 3.05) is 11.6 Å². The lowest BCUT2D eigenvalue weighted by Gasteiger charge is -2.17. The minimum Gasteiger partial charge on any atom is -0.462 e. The number of hydrogen-bond acceptors (Lipinski definition) is 7. The van der Waals surface area contributed by atoms with Crippen molar-refractivity contribution >= 4 is 17.6 Å². The molecule has 0 N–H and O–H groups in total. The zero-order chi connectivity index (χ0) is 19.2. The maximum absolute atomic E-state index is 12.0. The molecule has 0 aliphatic carbocycles. The van der Waals surface area contributed by atoms with Crippen LogP contribution in [-0.4, -0.2) is 27.5 Å². The highest BCUT2D eigenvalue weighted by atomic mass is 16.5. The maximum Gasteiger partial charge on any atom is 0.338 e. The SMILES string of the molecule is CCOC(=O)c1ccc(C)c(N(N=O)c2nccc(-c3cccnc3)n2)c1. The zero-order valence-corrected chi connectivity index (χ0v) is 14.9. The van der Waals surface area contributed by atoms with Gasteiger partial charge < -0.3 is 4.74 Å². The van der Waals surface area contributed by atoms with Gasteiger partial charge in [0, 0.05) is 24.2 Å². The number of ether oxygens (including phenoxy) is 1. The number of carbonyl (C=O) groups is 1. The number of aryl methyl sites for hydroxylation is 1. The molecule has 0 bridgehead atoms. The van der Waals surface area contributed by atoms with E-state index in [2.05, 4.69) is 20.2 Å². The van der Waals surface area contributed by atoms with E-state index in [0.717, 1.165) is 16.1 Å². The van der Waals surface area contributed by atoms with Crippen LogP contribution in [0.1, 0.15) is 22.8 Å². The largest absolute Gasteiger partial charge is 0.462 e. The number of anilines is 2. The third-order valence-corrected chi connectivity index (χ3v) is 3.82. The molecule has 27 heavy (non-hydrogen) atoms. The van der Waals surface area contributed by atoms with Crippen LogP contribution in [0.15, 0.2) is 60.3 Å². The molecule has 0 spiro atoms. The summed E-state index contributed by atoms with van der Waals surface area (Å²) in [6.45, 7) is 3.78. The highest BCUT2D eigenvalue weighted by Gasteiger charge is 2.19. The fourth-order valence-electron chi connectivity index (χ4n) is 2.49. The predicted octanol–water partition coefficient (Wildman–Crippen LogP) is 3.84. The Morgan fingerprint density at radius 2 is 2.07 bits per heavy atom. The lowest BCUT2D eigenvalue weighted by Crippen LogP contribution is -2.14. The number of carbonyl (C=O) groups excluding carboxylic acids is 1. The molecule has 136 valence electrons. The van der Waals surface area contributed by atoms with Gasteiger partial charge in [-0.1, -0.05) is 6.07 Å². The minimum absolute atomic E-state index is 0.0930. The van der Waals surface area contributed by atoms with E-state index in [1.165, 1.54) is 12.3 Å². The summed E-state index contributed by atoms with van der Waals surface area (Å²) < 4.78 is 5.01. The third-order valence-electron chi connectivity index (χ3n) is 3.82. The number of esters is 1. The van der Waals surface area contributed by atoms with E-state index in [1.807, 2.05) is 6.07 Å². The van der Waals surface area contributed by atoms with Crippen molar-refractivity contribution in [1.82, 2.24) is 15.0 Å². The Kier molecular flexibility index (Phi) is 5.46. The topological polar surface area (TPSA) is 97.6 Å². The molecule has 1 aromatic carbocycles. The molecule has 0 amide bonds. The van der Waals surface area contributed by atoms with E-state index in [4.69, 9.17) is 4.74 Å². The molecule has 0 aliphatic heterocycles. The lowest BCUT2D eigenvalue weighted by molar-refractivity contribution is 0.0526. The summed E-state index contributed by atoms with van der Waals surface area (Å²) in [6, 6.07) is 10.2. The number of hydrogen-bond donors (Lipinski definition) is 0. The van der Waals surface area contributed by atoms with Crippen LogP contribution in [0.2, 0.25) is 0 Å². The molecule has 3 rings (SSSR count). The summed E-state index contributed by atoms with van der Waals surface area (Å²) in [5, 5.41) is 4.11. The quantitative estimate of drug-likeness (QED) is 0.373. The molecule has 3 aromatic rings. The van der Waals surface area contributed by atoms with Gasteiger partial charge in [0.25, 0.3) is 5.95 Å². The van der Waals surface area contributed by atoms with Crippen LogP contribution in [0, 0.1) is 11.8 Å². The number of nitrogens with zero attached hydrogens (tertiary/aromatic N) is 5. The smallest absolute Gasteiger partial charge is 0.338 e. The standard InChI is InChI=1S/C19H17N5O3/c1-3-27-18(25)14-7-6-13(2)17(11-14)24(23-26)19-21-10-8-16(22-19)15-5-4-9-20-12-15/h4-12H,3H2,1-2H3. The molecule has 0 aliphatic rings. The number of nitroso groups, excluding NO2 is 1. The van der Waals surface area contributed by atoms with Crippen molar-refractivity contribution < 1.29 is 9.53 Å². The van der Waals surface area contributed by atoms with Crippen molar-refractivity contribution in [3.05, 3.63) is 71.0 Å². The van der Waals surface area contributed by atoms with Gasteiger partial charge in [0.2, 0.25) is 0 Å². The van der Waals surface area contributed by atoms with Gasteiger partial charge in [0.05, 0.1) is 28.8 Å². The highest BCUT2D eigenvalue weighted by Crippen LogP contribution is 2.29. The summed E-state index contributed by atoms with van der Waals surface area (Å²) >= 11 is 0. The number of aromatic nitrogens is 3. The van der Waals surface area contributed by atoms with Gasteiger partial charge in [-0.05, 0) is 49.7 Å². The van der Waals surface area contributed by atoms with E-state index < -0.39 is 5.97 Å². The van der Waals surface area contributed by atoms with E-state index in [-0.39, 0.29) is 12.6 Å². The van der Waals surface area contributed by atoms with E-state index in [1.54, 1.807) is 50.5 Å². The molecule has 0 saturated heterocycles. The van der Waals surface area contributed by atoms with Gasteiger partial charge in [0.15, 0.2) is 0 Å². The number of rotatable bonds is 6. The Labute approximate surface area is 155 Å². The van der Waals surface area contributed by atoms with Crippen LogP contribution in [0.5, 0.6) is 0 Å². The summed E-state index contributed by atoms with van der Waals surface area (Å²) in [6.07, 6.45) is 4.86. The predicted molar refractivity (Wildman–Crippen MR) is 100 cm³/mol. The average Bonchev–Trinajstić information content (AvgIpc) is 2.71. The number of benzene rings is 1. The molecule has 8 nitrogen and oxygen atoms in total. The van der Waals surface area contributed by atoms with Crippen LogP contribution in [0.4, 0.5) is 11.6 Å². The minimum atomic E-state index is -0.477. The van der Waals surface area contributed by atoms with E-state index >= 15 is 0 Å². The van der Waals surface area contributed by atoms with Gasteiger partial charge in [0.1, 0.15) is 0 Å². The summed E-state index contributed by atoms with van der Waals surface area (Å²) in [4.78, 5) is 36.2. The third kappa shape index (κ3) is 3.95. The maximum atomic E-state index is 12.0. The van der Waals surface area contributed by atoms with Crippen LogP contribution >= 0.6 is 0 Å². The van der Waals surface area contributed by atoms with Gasteiger partial charge >= 0.3 is 5.97 Å². The van der Waals surface area contributed by atoms with Crippen LogP contribution in [0.25, 0.3) is 11.3 Å². The van der Waals surface area contributed by atoms with Crippen molar-refractivity contribution in [3.8, 4) is 11.3 Å². The van der Waals surface area contributed by atoms with Gasteiger partial charge in [-0.25, -0.2) is 14.8 Å². The second-order valence-electron chi connectivity index (χ2n) is 5.60. The second-order valence-corrected chi connectivity index (χ2v) is 5.60. The molecule has 0 radical (unpaired) electrons. The Bertz CT molecular complexity index is 963. The van der Waals surface area contributed by atoms with Gasteiger partial charge in [-0.15, -0.1) is 4.91 Å². The Morgan fingerprint density at radius 3 is 2.78 bits per heavy atom. The first-order valence-electron chi connectivity index (χ1n) is 8.28. The van der Waals surface area contributed by atoms with Crippen molar-refractivity contribution in [3.63, 3.8) is 0 Å². The van der Waals surface area contributed by atoms with E-state index in [0.29, 0.717) is 16.9 Å². The molecular formula is C19H17N5O3. The lowest BCUT2D eigenvalue weighted by atomic mass is 10.1. The zero-order valence-electron chi connectivity index (χ0n) is 14.9. The van der Waals surface area contributed by atoms with Crippen molar-refractivity contribution in [2.24, 2.45) is 5.29 Å². The molecule has 0 saturated carbocycles. The first-order valence-corrected chi connectivity index (χ1v) is 8.28. The Morgan fingerprint density at radius 1 is 1.22 bits per heavy atom. The van der Waals surface area contributed by atoms with Crippen LogP contribution in [-0.2, 0) is 4.74 Å². The fourth-order valence-corrected chi connectivity index (χ4v) is 2.49. The van der Waals surface area contributed by atoms with Crippen LogP contribution < -0.4 is 5.01 Å². The Hall–Kier alpha value is -3.68. The Balaban J connectivity index is 2.02. The highest BCUT2D eigenvalue weighted by molar-refractivity contribution is 5.91. The second kappa shape index (κ2) is 8.13. The van der Waals surface area contributed by atoms with Gasteiger partial charge in [-0.2, -0.15) is 5.01 Å².